The van der Waals surface area contributed by atoms with E-state index in [0.717, 1.165) is 16.0 Å². The van der Waals surface area contributed by atoms with Crippen LogP contribution in [0.25, 0.3) is 0 Å². The van der Waals surface area contributed by atoms with Crippen LogP contribution >= 0.6 is 11.3 Å². The minimum atomic E-state index is -0.494. The van der Waals surface area contributed by atoms with Crippen LogP contribution in [0.1, 0.15) is 43.8 Å². The zero-order chi connectivity index (χ0) is 19.0. The molecule has 0 fully saturated rings. The molecule has 0 bridgehead atoms. The molecular weight excluding hydrogens is 356 g/mol. The van der Waals surface area contributed by atoms with Crippen molar-refractivity contribution in [3.63, 3.8) is 0 Å². The highest BCUT2D eigenvalue weighted by Crippen LogP contribution is 2.37. The molecule has 1 N–H and O–H groups in total. The fraction of sp³-hybridized carbons (Fsp3) is 0.412. The van der Waals surface area contributed by atoms with Gasteiger partial charge in [-0.3, -0.25) is 14.3 Å². The highest BCUT2D eigenvalue weighted by atomic mass is 32.1. The predicted molar refractivity (Wildman–Crippen MR) is 96.4 cm³/mol. The minimum Gasteiger partial charge on any atom is -0.465 e. The lowest BCUT2D eigenvalue weighted by Gasteiger charge is -2.25. The summed E-state index contributed by atoms with van der Waals surface area (Å²) in [6.45, 7) is 4.28. The molecule has 2 amide bonds. The number of esters is 1. The summed E-state index contributed by atoms with van der Waals surface area (Å²) < 4.78 is 6.47. The number of methoxy groups -OCH3 is 1. The van der Waals surface area contributed by atoms with Gasteiger partial charge < -0.3 is 15.0 Å². The Bertz CT molecular complexity index is 899. The van der Waals surface area contributed by atoms with Crippen LogP contribution in [0, 0.1) is 6.92 Å². The normalized spacial score (nSPS) is 13.3. The Balaban J connectivity index is 1.96. The fourth-order valence-corrected chi connectivity index (χ4v) is 4.32. The molecule has 0 spiro atoms. The fourth-order valence-electron chi connectivity index (χ4n) is 3.07. The lowest BCUT2D eigenvalue weighted by molar-refractivity contribution is -0.129. The number of hydrogen-bond donors (Lipinski definition) is 1. The first-order chi connectivity index (χ1) is 12.3. The topological polar surface area (TPSA) is 93.5 Å². The van der Waals surface area contributed by atoms with E-state index in [4.69, 9.17) is 4.74 Å². The standard InChI is InChI=1S/C17H20N4O4S/c1-9-7-20(3)19-14(9)15(23)18-16-13(17(24)25-4)11-5-6-21(10(2)22)8-12(11)26-16/h7H,5-6,8H2,1-4H3,(H,18,23). The average Bonchev–Trinajstić information content (AvgIpc) is 3.12. The van der Waals surface area contributed by atoms with Crippen LogP contribution in [-0.2, 0) is 29.5 Å². The van der Waals surface area contributed by atoms with Crippen molar-refractivity contribution in [3.8, 4) is 0 Å². The van der Waals surface area contributed by atoms with Crippen LogP contribution in [-0.4, -0.2) is 46.1 Å². The van der Waals surface area contributed by atoms with Crippen molar-refractivity contribution < 1.29 is 19.1 Å². The molecule has 3 heterocycles. The first-order valence-electron chi connectivity index (χ1n) is 8.11. The molecule has 138 valence electrons. The number of thiophene rings is 1. The smallest absolute Gasteiger partial charge is 0.341 e. The van der Waals surface area contributed by atoms with E-state index in [1.807, 2.05) is 0 Å². The summed E-state index contributed by atoms with van der Waals surface area (Å²) in [4.78, 5) is 39.2. The SMILES string of the molecule is COC(=O)c1c(NC(=O)c2nn(C)cc2C)sc2c1CCN(C(C)=O)C2. The molecule has 0 radical (unpaired) electrons. The third kappa shape index (κ3) is 3.22. The van der Waals surface area contributed by atoms with Crippen LogP contribution in [0.3, 0.4) is 0 Å². The van der Waals surface area contributed by atoms with Crippen LogP contribution in [0.15, 0.2) is 6.20 Å². The quantitative estimate of drug-likeness (QED) is 0.824. The first-order valence-corrected chi connectivity index (χ1v) is 8.93. The van der Waals surface area contributed by atoms with Gasteiger partial charge >= 0.3 is 5.97 Å². The maximum Gasteiger partial charge on any atom is 0.341 e. The number of hydrogen-bond acceptors (Lipinski definition) is 6. The summed E-state index contributed by atoms with van der Waals surface area (Å²) in [5.41, 5.74) is 2.26. The molecule has 0 unspecified atom stereocenters. The van der Waals surface area contributed by atoms with Crippen molar-refractivity contribution in [3.05, 3.63) is 33.5 Å². The van der Waals surface area contributed by atoms with Crippen LogP contribution in [0.5, 0.6) is 0 Å². The second-order valence-electron chi connectivity index (χ2n) is 6.18. The predicted octanol–water partition coefficient (Wildman–Crippen LogP) is 1.73. The number of carbonyl (C=O) groups is 3. The summed E-state index contributed by atoms with van der Waals surface area (Å²) in [6.07, 6.45) is 2.30. The van der Waals surface area contributed by atoms with Gasteiger partial charge in [-0.15, -0.1) is 11.3 Å². The van der Waals surface area contributed by atoms with Crippen molar-refractivity contribution in [1.82, 2.24) is 14.7 Å². The molecule has 0 saturated carbocycles. The lowest BCUT2D eigenvalue weighted by atomic mass is 10.0. The van der Waals surface area contributed by atoms with Gasteiger partial charge in [0, 0.05) is 37.2 Å². The summed E-state index contributed by atoms with van der Waals surface area (Å²) in [6, 6.07) is 0. The highest BCUT2D eigenvalue weighted by molar-refractivity contribution is 7.17. The number of rotatable bonds is 3. The van der Waals surface area contributed by atoms with Crippen molar-refractivity contribution >= 4 is 34.1 Å². The van der Waals surface area contributed by atoms with Crippen LogP contribution < -0.4 is 5.32 Å². The van der Waals surface area contributed by atoms with Gasteiger partial charge in [-0.2, -0.15) is 5.10 Å². The van der Waals surface area contributed by atoms with Gasteiger partial charge in [-0.05, 0) is 18.9 Å². The maximum atomic E-state index is 12.6. The number of nitrogens with one attached hydrogen (secondary N) is 1. The molecule has 1 aliphatic rings. The lowest BCUT2D eigenvalue weighted by Crippen LogP contribution is -2.33. The van der Waals surface area contributed by atoms with E-state index in [1.54, 1.807) is 29.7 Å². The largest absolute Gasteiger partial charge is 0.465 e. The number of aryl methyl sites for hydroxylation is 2. The molecular formula is C17H20N4O4S. The minimum absolute atomic E-state index is 0.0154. The molecule has 9 heteroatoms. The maximum absolute atomic E-state index is 12.6. The van der Waals surface area contributed by atoms with Gasteiger partial charge in [0.05, 0.1) is 19.2 Å². The monoisotopic (exact) mass is 376 g/mol. The molecule has 0 atom stereocenters. The molecule has 3 rings (SSSR count). The number of amides is 2. The summed E-state index contributed by atoms with van der Waals surface area (Å²) >= 11 is 1.30. The number of nitrogens with zero attached hydrogens (tertiary/aromatic N) is 3. The van der Waals surface area contributed by atoms with Gasteiger partial charge in [0.25, 0.3) is 5.91 Å². The Hall–Kier alpha value is -2.68. The molecule has 2 aromatic rings. The number of carbonyl (C=O) groups excluding carboxylic acids is 3. The number of fused-ring (bicyclic) bond motifs is 1. The third-order valence-corrected chi connectivity index (χ3v) is 5.48. The van der Waals surface area contributed by atoms with Crippen molar-refractivity contribution in [2.75, 3.05) is 19.0 Å². The number of ether oxygens (including phenoxy) is 1. The van der Waals surface area contributed by atoms with Crippen LogP contribution in [0.4, 0.5) is 5.00 Å². The van der Waals surface area contributed by atoms with E-state index >= 15 is 0 Å². The summed E-state index contributed by atoms with van der Waals surface area (Å²) in [5, 5.41) is 7.39. The second-order valence-corrected chi connectivity index (χ2v) is 7.28. The van der Waals surface area contributed by atoms with E-state index in [9.17, 15) is 14.4 Å². The number of anilines is 1. The van der Waals surface area contributed by atoms with Gasteiger partial charge in [0.2, 0.25) is 5.91 Å². The zero-order valence-electron chi connectivity index (χ0n) is 15.1. The third-order valence-electron chi connectivity index (χ3n) is 4.35. The van der Waals surface area contributed by atoms with E-state index < -0.39 is 5.97 Å². The molecule has 8 nitrogen and oxygen atoms in total. The van der Waals surface area contributed by atoms with E-state index in [2.05, 4.69) is 10.4 Å². The van der Waals surface area contributed by atoms with Crippen molar-refractivity contribution in [2.24, 2.45) is 7.05 Å². The average molecular weight is 376 g/mol. The van der Waals surface area contributed by atoms with Crippen molar-refractivity contribution in [2.45, 2.75) is 26.8 Å². The summed E-state index contributed by atoms with van der Waals surface area (Å²) in [7, 11) is 3.05. The zero-order valence-corrected chi connectivity index (χ0v) is 15.9. The Morgan fingerprint density at radius 1 is 1.35 bits per heavy atom. The highest BCUT2D eigenvalue weighted by Gasteiger charge is 2.30. The Morgan fingerprint density at radius 3 is 2.65 bits per heavy atom. The van der Waals surface area contributed by atoms with E-state index in [0.29, 0.717) is 35.8 Å². The molecule has 0 aromatic carbocycles. The van der Waals surface area contributed by atoms with Crippen molar-refractivity contribution in [1.29, 1.82) is 0 Å². The molecule has 26 heavy (non-hydrogen) atoms. The Labute approximate surface area is 154 Å². The van der Waals surface area contributed by atoms with Gasteiger partial charge in [-0.1, -0.05) is 0 Å². The molecule has 0 aliphatic carbocycles. The second kappa shape index (κ2) is 6.91. The van der Waals surface area contributed by atoms with E-state index in [1.165, 1.54) is 25.4 Å². The Kier molecular flexibility index (Phi) is 4.82. The van der Waals surface area contributed by atoms with Gasteiger partial charge in [0.1, 0.15) is 5.00 Å². The molecule has 1 aliphatic heterocycles. The van der Waals surface area contributed by atoms with E-state index in [-0.39, 0.29) is 11.8 Å². The molecule has 0 saturated heterocycles. The van der Waals surface area contributed by atoms with Gasteiger partial charge in [0.15, 0.2) is 5.69 Å². The Morgan fingerprint density at radius 2 is 2.08 bits per heavy atom. The molecule has 2 aromatic heterocycles. The van der Waals surface area contributed by atoms with Crippen LogP contribution in [0.2, 0.25) is 0 Å². The summed E-state index contributed by atoms with van der Waals surface area (Å²) in [5.74, 6) is -0.888. The van der Waals surface area contributed by atoms with Gasteiger partial charge in [-0.25, -0.2) is 4.79 Å². The number of aromatic nitrogens is 2. The first kappa shape index (κ1) is 18.1.